The quantitative estimate of drug-likeness (QED) is 0.347. The average molecular weight is 375 g/mol. The normalized spacial score (nSPS) is 14.1. The summed E-state index contributed by atoms with van der Waals surface area (Å²) in [6.07, 6.45) is 7.50. The molecule has 0 fully saturated rings. The van der Waals surface area contributed by atoms with Crippen LogP contribution in [0.5, 0.6) is 11.5 Å². The summed E-state index contributed by atoms with van der Waals surface area (Å²) >= 11 is 0. The van der Waals surface area contributed by atoms with Crippen LogP contribution in [0.4, 0.5) is 0 Å². The highest BCUT2D eigenvalue weighted by molar-refractivity contribution is 5.59. The fourth-order valence-corrected chi connectivity index (χ4v) is 4.48. The van der Waals surface area contributed by atoms with Gasteiger partial charge in [-0.2, -0.15) is 0 Å². The van der Waals surface area contributed by atoms with Crippen LogP contribution < -0.4 is 0 Å². The van der Waals surface area contributed by atoms with E-state index in [1.54, 1.807) is 0 Å². The first kappa shape index (κ1) is 23.6. The third-order valence-electron chi connectivity index (χ3n) is 7.02. The van der Waals surface area contributed by atoms with Crippen LogP contribution in [-0.2, 0) is 5.41 Å². The lowest BCUT2D eigenvalue weighted by Gasteiger charge is -2.35. The Balaban J connectivity index is 3.34. The zero-order chi connectivity index (χ0) is 20.9. The van der Waals surface area contributed by atoms with Gasteiger partial charge in [0.1, 0.15) is 11.5 Å². The molecule has 0 aromatic heterocycles. The molecular weight excluding hydrogens is 332 g/mol. The second kappa shape index (κ2) is 9.66. The van der Waals surface area contributed by atoms with Crippen molar-refractivity contribution in [1.29, 1.82) is 0 Å². The Kier molecular flexibility index (Phi) is 8.45. The summed E-state index contributed by atoms with van der Waals surface area (Å²) in [6.45, 7) is 19.2. The van der Waals surface area contributed by atoms with Crippen molar-refractivity contribution in [3.05, 3.63) is 33.9 Å². The molecule has 0 aliphatic rings. The van der Waals surface area contributed by atoms with E-state index >= 15 is 0 Å². The summed E-state index contributed by atoms with van der Waals surface area (Å²) in [4.78, 5) is 0. The van der Waals surface area contributed by atoms with Crippen LogP contribution in [0.25, 0.3) is 0 Å². The van der Waals surface area contributed by atoms with Gasteiger partial charge in [-0.25, -0.2) is 0 Å². The Bertz CT molecular complexity index is 634. The molecule has 1 aromatic rings. The molecule has 0 heterocycles. The number of allylic oxidation sites excluding steroid dienone is 2. The van der Waals surface area contributed by atoms with Gasteiger partial charge in [0.2, 0.25) is 0 Å². The minimum absolute atomic E-state index is 0.148. The molecule has 0 spiro atoms. The zero-order valence-corrected chi connectivity index (χ0v) is 19.2. The third-order valence-corrected chi connectivity index (χ3v) is 7.02. The van der Waals surface area contributed by atoms with Crippen molar-refractivity contribution in [2.75, 3.05) is 0 Å². The van der Waals surface area contributed by atoms with E-state index in [-0.39, 0.29) is 5.41 Å². The van der Waals surface area contributed by atoms with E-state index in [4.69, 9.17) is 0 Å². The predicted molar refractivity (Wildman–Crippen MR) is 118 cm³/mol. The van der Waals surface area contributed by atoms with Crippen molar-refractivity contribution in [3.63, 3.8) is 0 Å². The maximum Gasteiger partial charge on any atom is 0.123 e. The van der Waals surface area contributed by atoms with Crippen LogP contribution in [-0.4, -0.2) is 10.2 Å². The molecule has 0 radical (unpaired) electrons. The number of hydrogen-bond acceptors (Lipinski definition) is 2. The van der Waals surface area contributed by atoms with Gasteiger partial charge in [0, 0.05) is 11.0 Å². The number of rotatable bonds is 9. The van der Waals surface area contributed by atoms with E-state index in [2.05, 4.69) is 47.6 Å². The van der Waals surface area contributed by atoms with Crippen LogP contribution in [0.3, 0.4) is 0 Å². The molecule has 1 aromatic carbocycles. The van der Waals surface area contributed by atoms with E-state index in [1.165, 1.54) is 12.0 Å². The van der Waals surface area contributed by atoms with Crippen LogP contribution in [0.1, 0.15) is 95.9 Å². The van der Waals surface area contributed by atoms with Gasteiger partial charge in [-0.05, 0) is 81.9 Å². The molecule has 1 atom stereocenters. The predicted octanol–water partition coefficient (Wildman–Crippen LogP) is 7.49. The SMILES string of the molecule is CCC(CC(C)=CCC(CC)(CC)c1c(C)c(O)c(C)c(C)c1O)C(C)C. The van der Waals surface area contributed by atoms with Gasteiger partial charge in [0.15, 0.2) is 0 Å². The second-order valence-electron chi connectivity index (χ2n) is 8.81. The Morgan fingerprint density at radius 2 is 1.44 bits per heavy atom. The molecule has 1 rings (SSSR count). The lowest BCUT2D eigenvalue weighted by Crippen LogP contribution is -2.26. The van der Waals surface area contributed by atoms with Crippen LogP contribution >= 0.6 is 0 Å². The number of phenolic OH excluding ortho intramolecular Hbond substituents is 2. The summed E-state index contributed by atoms with van der Waals surface area (Å²) < 4.78 is 0. The van der Waals surface area contributed by atoms with Crippen molar-refractivity contribution in [2.45, 2.75) is 99.8 Å². The van der Waals surface area contributed by atoms with Gasteiger partial charge in [0.05, 0.1) is 0 Å². The summed E-state index contributed by atoms with van der Waals surface area (Å²) in [5, 5.41) is 21.6. The van der Waals surface area contributed by atoms with Crippen molar-refractivity contribution < 1.29 is 10.2 Å². The fraction of sp³-hybridized carbons (Fsp3) is 0.680. The highest BCUT2D eigenvalue weighted by Gasteiger charge is 2.34. The summed E-state index contributed by atoms with van der Waals surface area (Å²) in [7, 11) is 0. The van der Waals surface area contributed by atoms with Crippen LogP contribution in [0, 0.1) is 32.6 Å². The molecule has 0 saturated carbocycles. The molecule has 2 nitrogen and oxygen atoms in total. The number of benzene rings is 1. The number of hydrogen-bond donors (Lipinski definition) is 2. The standard InChI is InChI=1S/C25H42O2/c1-10-21(16(4)5)15-17(6)13-14-25(11-2,12-3)22-20(9)23(26)18(7)19(8)24(22)27/h13,16,21,26-27H,10-12,14-15H2,1-9H3. The molecule has 1 unspecified atom stereocenters. The minimum Gasteiger partial charge on any atom is -0.507 e. The van der Waals surface area contributed by atoms with E-state index in [0.717, 1.165) is 53.9 Å². The Labute approximate surface area is 167 Å². The number of aromatic hydroxyl groups is 2. The van der Waals surface area contributed by atoms with Crippen LogP contribution in [0.15, 0.2) is 11.6 Å². The molecule has 2 heteroatoms. The van der Waals surface area contributed by atoms with E-state index in [0.29, 0.717) is 17.4 Å². The summed E-state index contributed by atoms with van der Waals surface area (Å²) in [5.41, 5.74) is 4.64. The maximum absolute atomic E-state index is 11.0. The Morgan fingerprint density at radius 3 is 1.89 bits per heavy atom. The van der Waals surface area contributed by atoms with Gasteiger partial charge in [-0.1, -0.05) is 52.7 Å². The molecular formula is C25H42O2. The summed E-state index contributed by atoms with van der Waals surface area (Å²) in [6, 6.07) is 0. The topological polar surface area (TPSA) is 40.5 Å². The second-order valence-corrected chi connectivity index (χ2v) is 8.81. The third kappa shape index (κ3) is 4.89. The lowest BCUT2D eigenvalue weighted by molar-refractivity contribution is 0.356. The first-order valence-electron chi connectivity index (χ1n) is 10.7. The summed E-state index contributed by atoms with van der Waals surface area (Å²) in [5.74, 6) is 2.12. The molecule has 0 aliphatic heterocycles. The zero-order valence-electron chi connectivity index (χ0n) is 19.2. The first-order valence-corrected chi connectivity index (χ1v) is 10.7. The maximum atomic E-state index is 11.0. The molecule has 0 saturated heterocycles. The fourth-order valence-electron chi connectivity index (χ4n) is 4.48. The van der Waals surface area contributed by atoms with Crippen molar-refractivity contribution >= 4 is 0 Å². The first-order chi connectivity index (χ1) is 12.6. The van der Waals surface area contributed by atoms with Gasteiger partial charge in [-0.15, -0.1) is 0 Å². The van der Waals surface area contributed by atoms with E-state index in [9.17, 15) is 10.2 Å². The molecule has 2 N–H and O–H groups in total. The van der Waals surface area contributed by atoms with Gasteiger partial charge in [0.25, 0.3) is 0 Å². The van der Waals surface area contributed by atoms with Gasteiger partial charge < -0.3 is 10.2 Å². The molecule has 0 aliphatic carbocycles. The lowest BCUT2D eigenvalue weighted by atomic mass is 9.69. The van der Waals surface area contributed by atoms with Gasteiger partial charge in [-0.3, -0.25) is 0 Å². The van der Waals surface area contributed by atoms with Crippen molar-refractivity contribution in [2.24, 2.45) is 11.8 Å². The van der Waals surface area contributed by atoms with Crippen molar-refractivity contribution in [1.82, 2.24) is 0 Å². The largest absolute Gasteiger partial charge is 0.507 e. The van der Waals surface area contributed by atoms with Crippen LogP contribution in [0.2, 0.25) is 0 Å². The monoisotopic (exact) mass is 374 g/mol. The Morgan fingerprint density at radius 1 is 0.926 bits per heavy atom. The molecule has 0 bridgehead atoms. The van der Waals surface area contributed by atoms with E-state index < -0.39 is 0 Å². The molecule has 154 valence electrons. The Hall–Kier alpha value is -1.44. The average Bonchev–Trinajstić information content (AvgIpc) is 2.65. The van der Waals surface area contributed by atoms with Crippen molar-refractivity contribution in [3.8, 4) is 11.5 Å². The van der Waals surface area contributed by atoms with E-state index in [1.807, 2.05) is 20.8 Å². The highest BCUT2D eigenvalue weighted by atomic mass is 16.3. The molecule has 27 heavy (non-hydrogen) atoms. The minimum atomic E-state index is -0.148. The smallest absolute Gasteiger partial charge is 0.123 e. The van der Waals surface area contributed by atoms with Gasteiger partial charge >= 0.3 is 0 Å². The molecule has 0 amide bonds. The highest BCUT2D eigenvalue weighted by Crippen LogP contribution is 2.47. The number of phenols is 2.